The number of nitrogens with zero attached hydrogens (tertiary/aromatic N) is 8. The van der Waals surface area contributed by atoms with Gasteiger partial charge < -0.3 is 9.80 Å². The molecule has 4 heterocycles. The Morgan fingerprint density at radius 1 is 0.929 bits per heavy atom. The van der Waals surface area contributed by atoms with Crippen molar-refractivity contribution in [3.8, 4) is 0 Å². The second-order valence-electron chi connectivity index (χ2n) is 6.91. The molecular formula is C19H19FN8. The molecule has 8 nitrogen and oxygen atoms in total. The van der Waals surface area contributed by atoms with Crippen molar-refractivity contribution < 1.29 is 4.39 Å². The number of aromatic nitrogens is 6. The summed E-state index contributed by atoms with van der Waals surface area (Å²) in [6.07, 6.45) is 3.25. The standard InChI is InChI=1S/C19H19FN8/c1-12-24-18-14(10-23-26(18)2)19(25-12)28-8-6-27(7-9-28)17-13-4-3-5-15(20)16(13)21-11-22-17/h3-5,10-11H,6-9H2,1-2H3. The first-order chi connectivity index (χ1) is 13.6. The molecule has 0 bridgehead atoms. The average Bonchev–Trinajstić information content (AvgIpc) is 3.08. The average molecular weight is 378 g/mol. The van der Waals surface area contributed by atoms with Crippen LogP contribution in [-0.4, -0.2) is 55.9 Å². The van der Waals surface area contributed by atoms with E-state index in [1.165, 1.54) is 12.4 Å². The third-order valence-electron chi connectivity index (χ3n) is 5.16. The first kappa shape index (κ1) is 16.8. The zero-order valence-corrected chi connectivity index (χ0v) is 15.7. The number of benzene rings is 1. The fourth-order valence-electron chi connectivity index (χ4n) is 3.77. The molecule has 0 amide bonds. The first-order valence-electron chi connectivity index (χ1n) is 9.17. The molecule has 0 unspecified atom stereocenters. The van der Waals surface area contributed by atoms with Gasteiger partial charge in [0.2, 0.25) is 0 Å². The lowest BCUT2D eigenvalue weighted by molar-refractivity contribution is 0.633. The number of anilines is 2. The minimum Gasteiger partial charge on any atom is -0.352 e. The first-order valence-corrected chi connectivity index (χ1v) is 9.17. The second-order valence-corrected chi connectivity index (χ2v) is 6.91. The molecule has 4 aromatic rings. The van der Waals surface area contributed by atoms with E-state index < -0.39 is 0 Å². The fraction of sp³-hybridized carbons (Fsp3) is 0.316. The van der Waals surface area contributed by atoms with Gasteiger partial charge in [-0.1, -0.05) is 6.07 Å². The van der Waals surface area contributed by atoms with E-state index in [1.54, 1.807) is 10.7 Å². The topological polar surface area (TPSA) is 75.9 Å². The highest BCUT2D eigenvalue weighted by molar-refractivity contribution is 5.90. The van der Waals surface area contributed by atoms with Crippen LogP contribution in [0.3, 0.4) is 0 Å². The summed E-state index contributed by atoms with van der Waals surface area (Å²) in [5, 5.41) is 6.02. The molecule has 0 saturated carbocycles. The van der Waals surface area contributed by atoms with Crippen molar-refractivity contribution in [1.82, 2.24) is 29.7 Å². The van der Waals surface area contributed by atoms with Gasteiger partial charge in [-0.25, -0.2) is 24.3 Å². The number of hydrogen-bond acceptors (Lipinski definition) is 7. The molecule has 3 aromatic heterocycles. The van der Waals surface area contributed by atoms with Crippen LogP contribution >= 0.6 is 0 Å². The molecule has 1 aliphatic heterocycles. The van der Waals surface area contributed by atoms with Gasteiger partial charge in [-0.05, 0) is 19.1 Å². The zero-order chi connectivity index (χ0) is 19.3. The van der Waals surface area contributed by atoms with Crippen molar-refractivity contribution in [3.05, 3.63) is 42.4 Å². The third kappa shape index (κ3) is 2.62. The lowest BCUT2D eigenvalue weighted by atomic mass is 10.2. The molecule has 0 spiro atoms. The van der Waals surface area contributed by atoms with Gasteiger partial charge in [0.1, 0.15) is 35.1 Å². The van der Waals surface area contributed by atoms with Gasteiger partial charge in [0.15, 0.2) is 5.65 Å². The molecular weight excluding hydrogens is 359 g/mol. The van der Waals surface area contributed by atoms with Crippen LogP contribution in [0.25, 0.3) is 21.9 Å². The van der Waals surface area contributed by atoms with Gasteiger partial charge in [-0.2, -0.15) is 5.10 Å². The Hall–Kier alpha value is -3.36. The van der Waals surface area contributed by atoms with Crippen LogP contribution in [0.15, 0.2) is 30.7 Å². The smallest absolute Gasteiger partial charge is 0.163 e. The summed E-state index contributed by atoms with van der Waals surface area (Å²) in [6, 6.07) is 4.99. The van der Waals surface area contributed by atoms with E-state index >= 15 is 0 Å². The maximum atomic E-state index is 14.1. The molecule has 1 fully saturated rings. The summed E-state index contributed by atoms with van der Waals surface area (Å²) < 4.78 is 15.8. The molecule has 9 heteroatoms. The van der Waals surface area contributed by atoms with E-state index in [2.05, 4.69) is 34.8 Å². The minimum absolute atomic E-state index is 0.324. The molecule has 1 saturated heterocycles. The Kier molecular flexibility index (Phi) is 3.81. The molecule has 0 N–H and O–H groups in total. The van der Waals surface area contributed by atoms with Crippen molar-refractivity contribution in [3.63, 3.8) is 0 Å². The predicted octanol–water partition coefficient (Wildman–Crippen LogP) is 2.08. The number of aryl methyl sites for hydroxylation is 2. The van der Waals surface area contributed by atoms with Crippen LogP contribution in [0, 0.1) is 12.7 Å². The maximum Gasteiger partial charge on any atom is 0.163 e. The number of hydrogen-bond donors (Lipinski definition) is 0. The van der Waals surface area contributed by atoms with Gasteiger partial charge in [0.05, 0.1) is 11.6 Å². The summed E-state index contributed by atoms with van der Waals surface area (Å²) in [5.74, 6) is 2.09. The SMILES string of the molecule is Cc1nc(N2CCN(c3ncnc4c(F)cccc34)CC2)c2cnn(C)c2n1. The summed E-state index contributed by atoms with van der Waals surface area (Å²) in [7, 11) is 1.88. The lowest BCUT2D eigenvalue weighted by Gasteiger charge is -2.36. The number of piperazine rings is 1. The van der Waals surface area contributed by atoms with Crippen LogP contribution in [0.5, 0.6) is 0 Å². The molecule has 28 heavy (non-hydrogen) atoms. The Balaban J connectivity index is 1.44. The normalized spacial score (nSPS) is 15.0. The van der Waals surface area contributed by atoms with Crippen LogP contribution in [0.1, 0.15) is 5.82 Å². The Labute approximate surface area is 160 Å². The van der Waals surface area contributed by atoms with Crippen molar-refractivity contribution >= 4 is 33.6 Å². The van der Waals surface area contributed by atoms with Gasteiger partial charge in [-0.3, -0.25) is 4.68 Å². The molecule has 1 aromatic carbocycles. The monoisotopic (exact) mass is 378 g/mol. The van der Waals surface area contributed by atoms with Crippen molar-refractivity contribution in [1.29, 1.82) is 0 Å². The zero-order valence-electron chi connectivity index (χ0n) is 15.7. The Morgan fingerprint density at radius 3 is 2.46 bits per heavy atom. The van der Waals surface area contributed by atoms with Gasteiger partial charge >= 0.3 is 0 Å². The van der Waals surface area contributed by atoms with E-state index in [-0.39, 0.29) is 5.82 Å². The molecule has 5 rings (SSSR count). The number of para-hydroxylation sites is 1. The summed E-state index contributed by atoms with van der Waals surface area (Å²) >= 11 is 0. The van der Waals surface area contributed by atoms with Crippen LogP contribution in [0.4, 0.5) is 16.0 Å². The van der Waals surface area contributed by atoms with E-state index in [0.717, 1.165) is 60.1 Å². The maximum absolute atomic E-state index is 14.1. The molecule has 1 aliphatic rings. The van der Waals surface area contributed by atoms with E-state index in [4.69, 9.17) is 0 Å². The molecule has 0 radical (unpaired) electrons. The van der Waals surface area contributed by atoms with Gasteiger partial charge in [0.25, 0.3) is 0 Å². The quantitative estimate of drug-likeness (QED) is 0.529. The van der Waals surface area contributed by atoms with Crippen molar-refractivity contribution in [2.24, 2.45) is 7.05 Å². The van der Waals surface area contributed by atoms with Crippen molar-refractivity contribution in [2.45, 2.75) is 6.92 Å². The van der Waals surface area contributed by atoms with Crippen molar-refractivity contribution in [2.75, 3.05) is 36.0 Å². The van der Waals surface area contributed by atoms with E-state index in [1.807, 2.05) is 26.2 Å². The largest absolute Gasteiger partial charge is 0.352 e. The van der Waals surface area contributed by atoms with E-state index in [9.17, 15) is 4.39 Å². The highest BCUT2D eigenvalue weighted by Gasteiger charge is 2.23. The minimum atomic E-state index is -0.324. The number of rotatable bonds is 2. The van der Waals surface area contributed by atoms with Gasteiger partial charge in [0, 0.05) is 38.6 Å². The predicted molar refractivity (Wildman–Crippen MR) is 105 cm³/mol. The third-order valence-corrected chi connectivity index (χ3v) is 5.16. The number of fused-ring (bicyclic) bond motifs is 2. The Bertz CT molecular complexity index is 1180. The summed E-state index contributed by atoms with van der Waals surface area (Å²) in [4.78, 5) is 22.1. The second kappa shape index (κ2) is 6.36. The molecule has 142 valence electrons. The van der Waals surface area contributed by atoms with E-state index in [0.29, 0.717) is 5.52 Å². The summed E-state index contributed by atoms with van der Waals surface area (Å²) in [6.45, 7) is 4.97. The van der Waals surface area contributed by atoms with Crippen LogP contribution in [0.2, 0.25) is 0 Å². The van der Waals surface area contributed by atoms with Crippen LogP contribution < -0.4 is 9.80 Å². The lowest BCUT2D eigenvalue weighted by Crippen LogP contribution is -2.47. The molecule has 0 aliphatic carbocycles. The Morgan fingerprint density at radius 2 is 1.68 bits per heavy atom. The molecule has 0 atom stereocenters. The van der Waals surface area contributed by atoms with Gasteiger partial charge in [-0.15, -0.1) is 0 Å². The number of halogens is 1. The highest BCUT2D eigenvalue weighted by atomic mass is 19.1. The fourth-order valence-corrected chi connectivity index (χ4v) is 3.77. The highest BCUT2D eigenvalue weighted by Crippen LogP contribution is 2.28. The van der Waals surface area contributed by atoms with Crippen LogP contribution in [-0.2, 0) is 7.05 Å². The summed E-state index contributed by atoms with van der Waals surface area (Å²) in [5.41, 5.74) is 1.20.